The topological polar surface area (TPSA) is 66.8 Å². The number of hydrogen-bond acceptors (Lipinski definition) is 4. The zero-order valence-electron chi connectivity index (χ0n) is 17.3. The van der Waals surface area contributed by atoms with Crippen molar-refractivity contribution in [3.63, 3.8) is 0 Å². The second-order valence-corrected chi connectivity index (χ2v) is 9.42. The van der Waals surface area contributed by atoms with E-state index in [1.54, 1.807) is 13.0 Å². The number of allylic oxidation sites excluding steroid dienone is 1. The maximum Gasteiger partial charge on any atom is 0.303 e. The van der Waals surface area contributed by atoms with E-state index >= 15 is 0 Å². The molecular formula is C22H36O4. The Morgan fingerprint density at radius 2 is 2.04 bits per heavy atom. The van der Waals surface area contributed by atoms with Crippen molar-refractivity contribution in [2.45, 2.75) is 91.5 Å². The second-order valence-electron chi connectivity index (χ2n) is 9.42. The molecule has 0 saturated carbocycles. The molecule has 1 unspecified atom stereocenters. The van der Waals surface area contributed by atoms with Gasteiger partial charge in [-0.2, -0.15) is 0 Å². The molecule has 4 heteroatoms. The van der Waals surface area contributed by atoms with Gasteiger partial charge in [-0.05, 0) is 61.3 Å². The van der Waals surface area contributed by atoms with Gasteiger partial charge in [0.05, 0.1) is 11.7 Å². The highest BCUT2D eigenvalue weighted by Gasteiger charge is 2.53. The molecule has 0 aromatic carbocycles. The first-order chi connectivity index (χ1) is 11.9. The molecule has 0 saturated heterocycles. The van der Waals surface area contributed by atoms with Gasteiger partial charge < -0.3 is 14.9 Å². The highest BCUT2D eigenvalue weighted by molar-refractivity contribution is 5.67. The minimum absolute atomic E-state index is 0.0693. The molecule has 0 amide bonds. The maximum absolute atomic E-state index is 11.7. The summed E-state index contributed by atoms with van der Waals surface area (Å²) in [4.78, 5) is 11.7. The minimum atomic E-state index is -0.925. The van der Waals surface area contributed by atoms with E-state index in [0.29, 0.717) is 6.42 Å². The molecule has 0 aromatic rings. The third-order valence-corrected chi connectivity index (χ3v) is 6.97. The number of aliphatic hydroxyl groups is 2. The molecule has 0 radical (unpaired) electrons. The lowest BCUT2D eigenvalue weighted by Gasteiger charge is -2.54. The molecule has 0 aromatic heterocycles. The Labute approximate surface area is 158 Å². The normalized spacial score (nSPS) is 36.1. The fourth-order valence-electron chi connectivity index (χ4n) is 4.92. The fourth-order valence-corrected chi connectivity index (χ4v) is 4.92. The molecule has 2 aliphatic carbocycles. The summed E-state index contributed by atoms with van der Waals surface area (Å²) in [5.41, 5.74) is 1.14. The highest BCUT2D eigenvalue weighted by Crippen LogP contribution is 2.57. The van der Waals surface area contributed by atoms with Crippen LogP contribution in [-0.2, 0) is 9.53 Å². The van der Waals surface area contributed by atoms with Crippen LogP contribution in [0.3, 0.4) is 0 Å². The van der Waals surface area contributed by atoms with E-state index in [1.807, 2.05) is 6.92 Å². The van der Waals surface area contributed by atoms with E-state index in [1.165, 1.54) is 12.5 Å². The zero-order chi connectivity index (χ0) is 19.9. The Balaban J connectivity index is 2.54. The number of aliphatic hydroxyl groups excluding tert-OH is 1. The van der Waals surface area contributed by atoms with Gasteiger partial charge in [0.15, 0.2) is 0 Å². The maximum atomic E-state index is 11.7. The zero-order valence-corrected chi connectivity index (χ0v) is 17.3. The van der Waals surface area contributed by atoms with Crippen molar-refractivity contribution in [2.24, 2.45) is 16.7 Å². The monoisotopic (exact) mass is 364 g/mol. The molecule has 2 aliphatic rings. The summed E-state index contributed by atoms with van der Waals surface area (Å²) in [6.45, 7) is 15.5. The first kappa shape index (κ1) is 21.2. The summed E-state index contributed by atoms with van der Waals surface area (Å²) in [6, 6.07) is 0. The molecule has 148 valence electrons. The van der Waals surface area contributed by atoms with Gasteiger partial charge in [0.2, 0.25) is 0 Å². The van der Waals surface area contributed by atoms with Crippen LogP contribution in [0.4, 0.5) is 0 Å². The van der Waals surface area contributed by atoms with Crippen molar-refractivity contribution in [1.29, 1.82) is 0 Å². The summed E-state index contributed by atoms with van der Waals surface area (Å²) in [6.07, 6.45) is 4.68. The van der Waals surface area contributed by atoms with Crippen LogP contribution in [0, 0.1) is 16.7 Å². The number of carbonyl (C=O) groups is 1. The van der Waals surface area contributed by atoms with E-state index in [9.17, 15) is 15.0 Å². The van der Waals surface area contributed by atoms with Gasteiger partial charge in [-0.25, -0.2) is 0 Å². The molecule has 0 heterocycles. The van der Waals surface area contributed by atoms with Crippen LogP contribution in [0.5, 0.6) is 0 Å². The predicted molar refractivity (Wildman–Crippen MR) is 104 cm³/mol. The Morgan fingerprint density at radius 1 is 1.42 bits per heavy atom. The molecule has 2 rings (SSSR count). The average molecular weight is 365 g/mol. The summed E-state index contributed by atoms with van der Waals surface area (Å²) in [7, 11) is 0. The van der Waals surface area contributed by atoms with Crippen molar-refractivity contribution in [2.75, 3.05) is 0 Å². The number of esters is 1. The van der Waals surface area contributed by atoms with Crippen LogP contribution in [0.15, 0.2) is 23.8 Å². The first-order valence-electron chi connectivity index (χ1n) is 9.81. The van der Waals surface area contributed by atoms with Gasteiger partial charge in [0.1, 0.15) is 6.10 Å². The standard InChI is InChI=1S/C22H36O4/c1-8-21(6,25)12-13-22(7)14(2)18(24)19(26-15(3)23)17-16(22)10-9-11-20(17,4)5/h8,14,18-19,24-25H,1,9-13H2,2-7H3/t14-,18-,19+,21?,22-/m1/s1. The van der Waals surface area contributed by atoms with E-state index in [2.05, 4.69) is 27.4 Å². The average Bonchev–Trinajstić information content (AvgIpc) is 2.54. The lowest BCUT2D eigenvalue weighted by atomic mass is 9.53. The van der Waals surface area contributed by atoms with E-state index in [4.69, 9.17) is 4.74 Å². The molecule has 0 fully saturated rings. The smallest absolute Gasteiger partial charge is 0.303 e. The summed E-state index contributed by atoms with van der Waals surface area (Å²) < 4.78 is 5.63. The van der Waals surface area contributed by atoms with Crippen molar-refractivity contribution < 1.29 is 19.7 Å². The predicted octanol–water partition coefficient (Wildman–Crippen LogP) is 4.16. The number of carbonyl (C=O) groups excluding carboxylic acids is 1. The Hall–Kier alpha value is -1.13. The second kappa shape index (κ2) is 7.12. The lowest BCUT2D eigenvalue weighted by molar-refractivity contribution is -0.156. The molecule has 0 bridgehead atoms. The molecule has 26 heavy (non-hydrogen) atoms. The third kappa shape index (κ3) is 3.77. The first-order valence-corrected chi connectivity index (χ1v) is 9.81. The molecule has 4 nitrogen and oxygen atoms in total. The van der Waals surface area contributed by atoms with Crippen LogP contribution in [0.2, 0.25) is 0 Å². The van der Waals surface area contributed by atoms with Gasteiger partial charge >= 0.3 is 5.97 Å². The van der Waals surface area contributed by atoms with Crippen molar-refractivity contribution in [3.8, 4) is 0 Å². The molecule has 2 N–H and O–H groups in total. The Morgan fingerprint density at radius 3 is 2.58 bits per heavy atom. The number of ether oxygens (including phenoxy) is 1. The van der Waals surface area contributed by atoms with Crippen molar-refractivity contribution in [3.05, 3.63) is 23.8 Å². The number of hydrogen-bond donors (Lipinski definition) is 2. The molecular weight excluding hydrogens is 328 g/mol. The lowest BCUT2D eigenvalue weighted by Crippen LogP contribution is -2.53. The summed E-state index contributed by atoms with van der Waals surface area (Å²) >= 11 is 0. The molecule has 0 spiro atoms. The summed E-state index contributed by atoms with van der Waals surface area (Å²) in [5.74, 6) is -0.423. The van der Waals surface area contributed by atoms with Gasteiger partial charge in [-0.1, -0.05) is 39.3 Å². The van der Waals surface area contributed by atoms with Gasteiger partial charge in [-0.3, -0.25) is 4.79 Å². The largest absolute Gasteiger partial charge is 0.455 e. The van der Waals surface area contributed by atoms with E-state index in [-0.39, 0.29) is 22.7 Å². The number of rotatable bonds is 5. The highest BCUT2D eigenvalue weighted by atomic mass is 16.6. The minimum Gasteiger partial charge on any atom is -0.455 e. The van der Waals surface area contributed by atoms with Crippen molar-refractivity contribution in [1.82, 2.24) is 0 Å². The Bertz CT molecular complexity index is 601. The fraction of sp³-hybridized carbons (Fsp3) is 0.773. The van der Waals surface area contributed by atoms with Crippen LogP contribution < -0.4 is 0 Å². The van der Waals surface area contributed by atoms with Crippen LogP contribution in [0.1, 0.15) is 73.6 Å². The van der Waals surface area contributed by atoms with Crippen LogP contribution in [-0.4, -0.2) is 34.0 Å². The van der Waals surface area contributed by atoms with Gasteiger partial charge in [-0.15, -0.1) is 6.58 Å². The van der Waals surface area contributed by atoms with Crippen LogP contribution >= 0.6 is 0 Å². The van der Waals surface area contributed by atoms with Crippen molar-refractivity contribution >= 4 is 5.97 Å². The molecule has 0 aliphatic heterocycles. The Kier molecular flexibility index (Phi) is 5.80. The van der Waals surface area contributed by atoms with Gasteiger partial charge in [0, 0.05) is 6.92 Å². The van der Waals surface area contributed by atoms with Gasteiger partial charge in [0.25, 0.3) is 0 Å². The summed E-state index contributed by atoms with van der Waals surface area (Å²) in [5, 5.41) is 21.5. The SMILES string of the molecule is C=CC(C)(O)CC[C@@]1(C)C2=C([C@H](OC(C)=O)[C@H](O)[C@H]1C)C(C)(C)CCC2. The quantitative estimate of drug-likeness (QED) is 0.568. The van der Waals surface area contributed by atoms with Crippen LogP contribution in [0.25, 0.3) is 0 Å². The third-order valence-electron chi connectivity index (χ3n) is 6.97. The van der Waals surface area contributed by atoms with E-state index < -0.39 is 17.8 Å². The van der Waals surface area contributed by atoms with E-state index in [0.717, 1.165) is 31.3 Å². The molecule has 5 atom stereocenters.